The molecular formula is C15H28N2O4. The molecule has 0 spiro atoms. The Kier molecular flexibility index (Phi) is 4.52. The van der Waals surface area contributed by atoms with Gasteiger partial charge < -0.3 is 19.9 Å². The van der Waals surface area contributed by atoms with Gasteiger partial charge in [0.1, 0.15) is 5.60 Å². The van der Waals surface area contributed by atoms with Gasteiger partial charge in [-0.1, -0.05) is 0 Å². The highest BCUT2D eigenvalue weighted by atomic mass is 16.7. The minimum absolute atomic E-state index is 0.0592. The van der Waals surface area contributed by atoms with Gasteiger partial charge in [0.05, 0.1) is 5.54 Å². The van der Waals surface area contributed by atoms with E-state index in [1.165, 1.54) is 0 Å². The van der Waals surface area contributed by atoms with E-state index in [1.54, 1.807) is 14.2 Å². The summed E-state index contributed by atoms with van der Waals surface area (Å²) in [7, 11) is 3.20. The van der Waals surface area contributed by atoms with E-state index in [2.05, 4.69) is 0 Å². The fourth-order valence-electron chi connectivity index (χ4n) is 3.84. The minimum Gasteiger partial charge on any atom is -0.444 e. The molecule has 3 unspecified atom stereocenters. The molecule has 0 aliphatic carbocycles. The molecule has 6 nitrogen and oxygen atoms in total. The molecule has 6 heteroatoms. The van der Waals surface area contributed by atoms with Gasteiger partial charge in [-0.2, -0.15) is 0 Å². The molecule has 2 bridgehead atoms. The fraction of sp³-hybridized carbons (Fsp3) is 0.933. The van der Waals surface area contributed by atoms with Gasteiger partial charge in [-0.05, 0) is 46.5 Å². The van der Waals surface area contributed by atoms with E-state index in [0.717, 1.165) is 19.3 Å². The van der Waals surface area contributed by atoms with E-state index in [1.807, 2.05) is 25.7 Å². The van der Waals surface area contributed by atoms with Crippen LogP contribution in [0.15, 0.2) is 0 Å². The summed E-state index contributed by atoms with van der Waals surface area (Å²) in [6, 6.07) is 0.167. The number of hydrogen-bond acceptors (Lipinski definition) is 5. The highest BCUT2D eigenvalue weighted by Crippen LogP contribution is 2.47. The van der Waals surface area contributed by atoms with Gasteiger partial charge in [0.15, 0.2) is 6.29 Å². The van der Waals surface area contributed by atoms with Gasteiger partial charge in [0.2, 0.25) is 0 Å². The molecule has 21 heavy (non-hydrogen) atoms. The third kappa shape index (κ3) is 3.03. The first-order valence-electron chi connectivity index (χ1n) is 7.57. The Morgan fingerprint density at radius 1 is 1.33 bits per heavy atom. The molecule has 1 amide bonds. The van der Waals surface area contributed by atoms with Crippen LogP contribution < -0.4 is 5.73 Å². The molecule has 2 heterocycles. The second-order valence-corrected chi connectivity index (χ2v) is 7.15. The molecule has 0 saturated carbocycles. The number of amides is 1. The van der Waals surface area contributed by atoms with Crippen molar-refractivity contribution in [3.05, 3.63) is 0 Å². The molecule has 0 radical (unpaired) electrons. The Labute approximate surface area is 126 Å². The highest BCUT2D eigenvalue weighted by molar-refractivity contribution is 5.70. The van der Waals surface area contributed by atoms with Gasteiger partial charge in [0.25, 0.3) is 0 Å². The van der Waals surface area contributed by atoms with Crippen LogP contribution in [0.3, 0.4) is 0 Å². The quantitative estimate of drug-likeness (QED) is 0.805. The van der Waals surface area contributed by atoms with Gasteiger partial charge in [-0.25, -0.2) is 4.79 Å². The van der Waals surface area contributed by atoms with Crippen LogP contribution in [0.2, 0.25) is 0 Å². The van der Waals surface area contributed by atoms with E-state index >= 15 is 0 Å². The smallest absolute Gasteiger partial charge is 0.411 e. The average Bonchev–Trinajstić information content (AvgIpc) is 2.59. The van der Waals surface area contributed by atoms with E-state index < -0.39 is 17.4 Å². The molecule has 2 aliphatic heterocycles. The number of piperidine rings is 1. The number of nitrogens with two attached hydrogens (primary N) is 1. The van der Waals surface area contributed by atoms with Gasteiger partial charge in [-0.3, -0.25) is 4.90 Å². The molecular weight excluding hydrogens is 272 g/mol. The third-order valence-electron chi connectivity index (χ3n) is 4.40. The molecule has 0 aromatic heterocycles. The predicted octanol–water partition coefficient (Wildman–Crippen LogP) is 1.86. The second kappa shape index (κ2) is 5.74. The average molecular weight is 300 g/mol. The number of fused-ring (bicyclic) bond motifs is 2. The van der Waals surface area contributed by atoms with Crippen molar-refractivity contribution in [2.75, 3.05) is 14.2 Å². The summed E-state index contributed by atoms with van der Waals surface area (Å²) in [6.45, 7) is 5.62. The van der Waals surface area contributed by atoms with E-state index in [0.29, 0.717) is 6.42 Å². The zero-order valence-electron chi connectivity index (χ0n) is 13.7. The normalized spacial score (nSPS) is 32.6. The van der Waals surface area contributed by atoms with Gasteiger partial charge >= 0.3 is 6.09 Å². The van der Waals surface area contributed by atoms with Crippen LogP contribution in [0.1, 0.15) is 46.5 Å². The van der Waals surface area contributed by atoms with E-state index in [4.69, 9.17) is 19.9 Å². The third-order valence-corrected chi connectivity index (χ3v) is 4.40. The summed E-state index contributed by atoms with van der Waals surface area (Å²) >= 11 is 0. The van der Waals surface area contributed by atoms with Crippen LogP contribution in [-0.2, 0) is 14.2 Å². The van der Waals surface area contributed by atoms with Crippen LogP contribution in [0.4, 0.5) is 4.79 Å². The molecule has 0 aromatic carbocycles. The van der Waals surface area contributed by atoms with Crippen molar-refractivity contribution in [1.82, 2.24) is 4.90 Å². The first-order valence-corrected chi connectivity index (χ1v) is 7.57. The maximum Gasteiger partial charge on any atom is 0.411 e. The topological polar surface area (TPSA) is 74.0 Å². The Bertz CT molecular complexity index is 392. The van der Waals surface area contributed by atoms with Gasteiger partial charge in [-0.15, -0.1) is 0 Å². The van der Waals surface area contributed by atoms with Crippen LogP contribution >= 0.6 is 0 Å². The van der Waals surface area contributed by atoms with Crippen molar-refractivity contribution in [2.45, 2.75) is 76.0 Å². The monoisotopic (exact) mass is 300 g/mol. The lowest BCUT2D eigenvalue weighted by Gasteiger charge is -2.49. The fourth-order valence-corrected chi connectivity index (χ4v) is 3.84. The Hall–Kier alpha value is -0.850. The van der Waals surface area contributed by atoms with E-state index in [-0.39, 0.29) is 18.2 Å². The van der Waals surface area contributed by atoms with Crippen LogP contribution in [0.5, 0.6) is 0 Å². The lowest BCUT2D eigenvalue weighted by Crippen LogP contribution is -2.64. The number of carbonyl (C=O) groups is 1. The number of carbonyl (C=O) groups excluding carboxylic acids is 1. The maximum absolute atomic E-state index is 12.7. The lowest BCUT2D eigenvalue weighted by atomic mass is 9.85. The minimum atomic E-state index is -0.521. The summed E-state index contributed by atoms with van der Waals surface area (Å²) in [5, 5.41) is 0. The summed E-state index contributed by atoms with van der Waals surface area (Å²) in [5.41, 5.74) is 5.15. The lowest BCUT2D eigenvalue weighted by molar-refractivity contribution is -0.190. The zero-order chi connectivity index (χ0) is 15.8. The molecule has 2 N–H and O–H groups in total. The summed E-state index contributed by atoms with van der Waals surface area (Å²) in [4.78, 5) is 14.5. The Morgan fingerprint density at radius 2 is 1.95 bits per heavy atom. The molecule has 2 aliphatic rings. The summed E-state index contributed by atoms with van der Waals surface area (Å²) in [5.74, 6) is 0. The van der Waals surface area contributed by atoms with Crippen LogP contribution in [0.25, 0.3) is 0 Å². The molecule has 2 saturated heterocycles. The van der Waals surface area contributed by atoms with Crippen LogP contribution in [-0.4, -0.2) is 54.7 Å². The maximum atomic E-state index is 12.7. The van der Waals surface area contributed by atoms with Crippen molar-refractivity contribution in [1.29, 1.82) is 0 Å². The first-order chi connectivity index (χ1) is 9.73. The predicted molar refractivity (Wildman–Crippen MR) is 78.8 cm³/mol. The number of ether oxygens (including phenoxy) is 3. The van der Waals surface area contributed by atoms with Crippen LogP contribution in [0, 0.1) is 0 Å². The Morgan fingerprint density at radius 3 is 2.48 bits per heavy atom. The van der Waals surface area contributed by atoms with Crippen molar-refractivity contribution in [3.63, 3.8) is 0 Å². The summed E-state index contributed by atoms with van der Waals surface area (Å²) < 4.78 is 16.6. The number of methoxy groups -OCH3 is 2. The SMILES string of the molecule is COC(OC)C12CCC(CC(N)C1)N2C(=O)OC(C)(C)C. The largest absolute Gasteiger partial charge is 0.444 e. The van der Waals surface area contributed by atoms with Crippen molar-refractivity contribution in [3.8, 4) is 0 Å². The number of hydrogen-bond donors (Lipinski definition) is 1. The zero-order valence-corrected chi connectivity index (χ0v) is 13.7. The highest BCUT2D eigenvalue weighted by Gasteiger charge is 2.58. The standard InChI is InChI=1S/C15H28N2O4/c1-14(2,3)21-13(18)17-11-6-7-15(17,9-10(16)8-11)12(19-4)20-5/h10-12H,6-9,16H2,1-5H3. The molecule has 2 rings (SSSR count). The second-order valence-electron chi connectivity index (χ2n) is 7.15. The van der Waals surface area contributed by atoms with Crippen molar-refractivity contribution in [2.24, 2.45) is 5.73 Å². The van der Waals surface area contributed by atoms with Crippen molar-refractivity contribution >= 4 is 6.09 Å². The van der Waals surface area contributed by atoms with Crippen molar-refractivity contribution < 1.29 is 19.0 Å². The van der Waals surface area contributed by atoms with Gasteiger partial charge in [0, 0.05) is 26.3 Å². The molecule has 3 atom stereocenters. The van der Waals surface area contributed by atoms with E-state index in [9.17, 15) is 4.79 Å². The Balaban J connectivity index is 2.31. The first kappa shape index (κ1) is 16.5. The summed E-state index contributed by atoms with van der Waals surface area (Å²) in [6.07, 6.45) is 2.45. The number of rotatable bonds is 3. The number of nitrogens with zero attached hydrogens (tertiary/aromatic N) is 1. The molecule has 122 valence electrons. The molecule has 0 aromatic rings. The molecule has 2 fully saturated rings.